The molecule has 1 unspecified atom stereocenters. The molecule has 0 saturated carbocycles. The second kappa shape index (κ2) is 8.85. The Bertz CT molecular complexity index is 373. The third kappa shape index (κ3) is 5.49. The zero-order valence-corrected chi connectivity index (χ0v) is 16.2. The molecule has 2 atom stereocenters. The van der Waals surface area contributed by atoms with Crippen molar-refractivity contribution in [2.75, 3.05) is 12.4 Å². The van der Waals surface area contributed by atoms with Gasteiger partial charge in [-0.2, -0.15) is 0 Å². The normalized spacial score (nSPS) is 25.7. The molecule has 6 heteroatoms. The van der Waals surface area contributed by atoms with Crippen LogP contribution in [0.15, 0.2) is 0 Å². The van der Waals surface area contributed by atoms with E-state index in [2.05, 4.69) is 29.4 Å². The molecular formula is C15H25NO2S2Se. The van der Waals surface area contributed by atoms with Crippen LogP contribution < -0.4 is 0 Å². The first-order valence-electron chi connectivity index (χ1n) is 7.85. The van der Waals surface area contributed by atoms with Crippen molar-refractivity contribution in [2.24, 2.45) is 5.92 Å². The topological polar surface area (TPSA) is 29.5 Å². The van der Waals surface area contributed by atoms with E-state index in [9.17, 15) is 4.79 Å². The van der Waals surface area contributed by atoms with Crippen molar-refractivity contribution >= 4 is 47.8 Å². The van der Waals surface area contributed by atoms with E-state index in [4.69, 9.17) is 4.74 Å². The summed E-state index contributed by atoms with van der Waals surface area (Å²) in [5.41, 5.74) is 0. The quantitative estimate of drug-likeness (QED) is 0.377. The van der Waals surface area contributed by atoms with Gasteiger partial charge >= 0.3 is 144 Å². The third-order valence-corrected chi connectivity index (χ3v) is 7.53. The van der Waals surface area contributed by atoms with Crippen LogP contribution in [0, 0.1) is 5.92 Å². The molecule has 2 fully saturated rings. The van der Waals surface area contributed by atoms with Crippen LogP contribution in [-0.4, -0.2) is 54.8 Å². The molecule has 120 valence electrons. The van der Waals surface area contributed by atoms with Gasteiger partial charge in [0.05, 0.1) is 0 Å². The summed E-state index contributed by atoms with van der Waals surface area (Å²) in [6.45, 7) is 5.02. The maximum absolute atomic E-state index is 12.4. The molecule has 3 nitrogen and oxygen atoms in total. The zero-order valence-electron chi connectivity index (χ0n) is 12.9. The van der Waals surface area contributed by atoms with E-state index in [0.29, 0.717) is 23.7 Å². The minimum atomic E-state index is 0.218. The average Bonchev–Trinajstić information content (AvgIpc) is 3.04. The first kappa shape index (κ1) is 17.7. The number of nitrogens with zero attached hydrogens (tertiary/aromatic N) is 1. The Kier molecular flexibility index (Phi) is 7.47. The number of hydrogen-bond acceptors (Lipinski definition) is 4. The van der Waals surface area contributed by atoms with Crippen molar-refractivity contribution < 1.29 is 9.53 Å². The van der Waals surface area contributed by atoms with Gasteiger partial charge in [-0.05, 0) is 0 Å². The zero-order chi connectivity index (χ0) is 15.2. The molecule has 0 bridgehead atoms. The van der Waals surface area contributed by atoms with Crippen LogP contribution in [-0.2, 0) is 9.53 Å². The number of carbonyl (C=O) groups is 1. The van der Waals surface area contributed by atoms with E-state index in [0.717, 1.165) is 24.5 Å². The van der Waals surface area contributed by atoms with E-state index in [-0.39, 0.29) is 11.9 Å². The van der Waals surface area contributed by atoms with Crippen molar-refractivity contribution in [3.63, 3.8) is 0 Å². The Balaban J connectivity index is 1.71. The van der Waals surface area contributed by atoms with Gasteiger partial charge in [0.2, 0.25) is 0 Å². The van der Waals surface area contributed by atoms with Crippen LogP contribution >= 0.6 is 21.6 Å². The second-order valence-electron chi connectivity index (χ2n) is 6.20. The summed E-state index contributed by atoms with van der Waals surface area (Å²) in [5.74, 6) is 2.09. The van der Waals surface area contributed by atoms with Gasteiger partial charge in [0.1, 0.15) is 0 Å². The predicted octanol–water partition coefficient (Wildman–Crippen LogP) is 3.23. The van der Waals surface area contributed by atoms with E-state index in [1.807, 2.05) is 26.5 Å². The van der Waals surface area contributed by atoms with Crippen LogP contribution in [0.5, 0.6) is 0 Å². The van der Waals surface area contributed by atoms with E-state index in [1.165, 1.54) is 18.6 Å². The van der Waals surface area contributed by atoms with Crippen LogP contribution in [0.25, 0.3) is 0 Å². The Hall–Kier alpha value is 0.359. The number of rotatable bonds is 7. The van der Waals surface area contributed by atoms with Gasteiger partial charge in [0.15, 0.2) is 0 Å². The van der Waals surface area contributed by atoms with E-state index >= 15 is 0 Å². The van der Waals surface area contributed by atoms with Gasteiger partial charge < -0.3 is 0 Å². The van der Waals surface area contributed by atoms with Crippen molar-refractivity contribution in [1.29, 1.82) is 0 Å². The molecule has 1 amide bonds. The van der Waals surface area contributed by atoms with E-state index in [1.54, 1.807) is 0 Å². The summed E-state index contributed by atoms with van der Waals surface area (Å²) >= 11 is 2.90. The second-order valence-corrected chi connectivity index (χ2v) is 9.72. The summed E-state index contributed by atoms with van der Waals surface area (Å²) in [6, 6.07) is 0.218. The van der Waals surface area contributed by atoms with Gasteiger partial charge in [-0.1, -0.05) is 0 Å². The SMILES string of the molecule is CC(C)C[C@H]1COC(=[Se])N1C(=O)CCCCC1CCSS1. The van der Waals surface area contributed by atoms with Crippen LogP contribution in [0.1, 0.15) is 52.4 Å². The number of amides is 1. The molecule has 0 N–H and O–H groups in total. The molecule has 2 heterocycles. The first-order valence-corrected chi connectivity index (χ1v) is 11.1. The number of hydrogen-bond donors (Lipinski definition) is 0. The molecule has 2 aliphatic heterocycles. The first-order chi connectivity index (χ1) is 10.1. The van der Waals surface area contributed by atoms with Crippen LogP contribution in [0.3, 0.4) is 0 Å². The fourth-order valence-corrected chi connectivity index (χ4v) is 6.51. The monoisotopic (exact) mass is 395 g/mol. The molecule has 2 saturated heterocycles. The summed E-state index contributed by atoms with van der Waals surface area (Å²) in [5, 5.41) is 0.815. The third-order valence-electron chi connectivity index (χ3n) is 3.87. The Morgan fingerprint density at radius 3 is 2.95 bits per heavy atom. The van der Waals surface area contributed by atoms with Crippen molar-refractivity contribution in [3.8, 4) is 0 Å². The van der Waals surface area contributed by atoms with Crippen molar-refractivity contribution in [2.45, 2.75) is 63.7 Å². The Morgan fingerprint density at radius 1 is 1.48 bits per heavy atom. The molecule has 2 aliphatic rings. The molecule has 0 radical (unpaired) electrons. The van der Waals surface area contributed by atoms with Gasteiger partial charge in [0.25, 0.3) is 0 Å². The molecular weight excluding hydrogens is 369 g/mol. The molecule has 2 rings (SSSR count). The molecule has 0 aromatic rings. The van der Waals surface area contributed by atoms with E-state index < -0.39 is 0 Å². The fourth-order valence-electron chi connectivity index (χ4n) is 2.82. The standard InChI is InChI=1S/C15H25NO2S2Se/c1-11(2)9-12-10-18-15(21)16(12)14(17)6-4-3-5-13-7-8-19-20-13/h11-13H,3-10H2,1-2H3/t12-,13?/m0/s1. The number of carbonyl (C=O) groups excluding carboxylic acids is 1. The van der Waals surface area contributed by atoms with Gasteiger partial charge in [-0.3, -0.25) is 0 Å². The predicted molar refractivity (Wildman–Crippen MR) is 93.7 cm³/mol. The van der Waals surface area contributed by atoms with Crippen LogP contribution in [0.2, 0.25) is 0 Å². The van der Waals surface area contributed by atoms with Gasteiger partial charge in [-0.25, -0.2) is 0 Å². The van der Waals surface area contributed by atoms with Gasteiger partial charge in [0, 0.05) is 0 Å². The molecule has 0 aromatic carbocycles. The molecule has 0 spiro atoms. The molecule has 0 aliphatic carbocycles. The number of ether oxygens (including phenoxy) is 1. The Morgan fingerprint density at radius 2 is 2.29 bits per heavy atom. The van der Waals surface area contributed by atoms with Crippen molar-refractivity contribution in [3.05, 3.63) is 0 Å². The van der Waals surface area contributed by atoms with Crippen LogP contribution in [0.4, 0.5) is 0 Å². The summed E-state index contributed by atoms with van der Waals surface area (Å²) < 4.78 is 6.22. The fraction of sp³-hybridized carbons (Fsp3) is 0.867. The summed E-state index contributed by atoms with van der Waals surface area (Å²) in [7, 11) is 4.02. The molecule has 0 aromatic heterocycles. The van der Waals surface area contributed by atoms with Gasteiger partial charge in [-0.15, -0.1) is 0 Å². The maximum atomic E-state index is 12.4. The minimum absolute atomic E-state index is 0.218. The average molecular weight is 394 g/mol. The molecule has 21 heavy (non-hydrogen) atoms. The van der Waals surface area contributed by atoms with Crippen molar-refractivity contribution in [1.82, 2.24) is 4.90 Å². The Labute approximate surface area is 144 Å². The summed E-state index contributed by atoms with van der Waals surface area (Å²) in [6.07, 6.45) is 6.41. The number of unbranched alkanes of at least 4 members (excludes halogenated alkanes) is 1. The summed E-state index contributed by atoms with van der Waals surface area (Å²) in [4.78, 5) is 14.3.